The number of rotatable bonds is 7. The van der Waals surface area contributed by atoms with Crippen molar-refractivity contribution < 1.29 is 27.8 Å². The Morgan fingerprint density at radius 1 is 1.41 bits per heavy atom. The lowest BCUT2D eigenvalue weighted by Gasteiger charge is -2.40. The lowest BCUT2D eigenvalue weighted by atomic mass is 10.1. The topological polar surface area (TPSA) is 90.3 Å². The normalized spacial score (nSPS) is 18.4. The predicted molar refractivity (Wildman–Crippen MR) is 100 cm³/mol. The predicted octanol–water partition coefficient (Wildman–Crippen LogP) is 2.49. The summed E-state index contributed by atoms with van der Waals surface area (Å²) < 4.78 is 41.9. The highest BCUT2D eigenvalue weighted by atomic mass is 19.4. The Labute approximate surface area is 166 Å². The number of alkyl halides is 3. The largest absolute Gasteiger partial charge is 0.477 e. The van der Waals surface area contributed by atoms with Crippen LogP contribution in [0.3, 0.4) is 0 Å². The fraction of sp³-hybridized carbons (Fsp3) is 0.500. The summed E-state index contributed by atoms with van der Waals surface area (Å²) in [7, 11) is 3.51. The molecule has 0 bridgehead atoms. The molecule has 0 radical (unpaired) electrons. The number of ether oxygens (including phenoxy) is 1. The van der Waals surface area contributed by atoms with E-state index in [4.69, 9.17) is 4.74 Å². The number of halogens is 3. The first kappa shape index (κ1) is 22.6. The summed E-state index contributed by atoms with van der Waals surface area (Å²) in [4.78, 5) is 21.5. The van der Waals surface area contributed by atoms with Crippen LogP contribution in [0, 0.1) is 6.92 Å². The fourth-order valence-corrected chi connectivity index (χ4v) is 2.93. The zero-order valence-electron chi connectivity index (χ0n) is 16.8. The number of carbonyl (C=O) groups is 1. The van der Waals surface area contributed by atoms with Gasteiger partial charge in [0.15, 0.2) is 12.9 Å². The molecule has 29 heavy (non-hydrogen) atoms. The van der Waals surface area contributed by atoms with Crippen molar-refractivity contribution in [2.45, 2.75) is 39.3 Å². The van der Waals surface area contributed by atoms with Gasteiger partial charge in [-0.15, -0.1) is 0 Å². The van der Waals surface area contributed by atoms with Crippen LogP contribution in [0.15, 0.2) is 29.0 Å². The molecule has 0 fully saturated rings. The number of hydrogen-bond donors (Lipinski definition) is 2. The minimum Gasteiger partial charge on any atom is -0.477 e. The summed E-state index contributed by atoms with van der Waals surface area (Å²) in [5, 5.41) is 10.9. The molecule has 0 saturated heterocycles. The van der Waals surface area contributed by atoms with Crippen molar-refractivity contribution in [3.05, 3.63) is 35.2 Å². The smallest absolute Gasteiger partial charge is 0.422 e. The Bertz CT molecular complexity index is 823. The summed E-state index contributed by atoms with van der Waals surface area (Å²) in [5.74, 6) is -1.22. The number of hydrazine groups is 1. The molecule has 0 saturated carbocycles. The Morgan fingerprint density at radius 2 is 2.07 bits per heavy atom. The fourth-order valence-electron chi connectivity index (χ4n) is 2.93. The van der Waals surface area contributed by atoms with Gasteiger partial charge in [0, 0.05) is 31.6 Å². The number of aliphatic imine (C=N–C) groups is 1. The van der Waals surface area contributed by atoms with E-state index < -0.39 is 25.0 Å². The molecule has 0 amide bonds. The second kappa shape index (κ2) is 8.78. The van der Waals surface area contributed by atoms with E-state index in [-0.39, 0.29) is 17.6 Å². The van der Waals surface area contributed by atoms with Crippen molar-refractivity contribution in [1.82, 2.24) is 20.3 Å². The van der Waals surface area contributed by atoms with Crippen LogP contribution < -0.4 is 10.2 Å². The third kappa shape index (κ3) is 5.91. The molecule has 1 aliphatic rings. The Kier molecular flexibility index (Phi) is 6.85. The third-order valence-electron chi connectivity index (χ3n) is 4.19. The lowest BCUT2D eigenvalue weighted by molar-refractivity contribution is -0.154. The molecule has 1 aromatic rings. The molecular weight excluding hydrogens is 391 g/mol. The zero-order valence-corrected chi connectivity index (χ0v) is 16.8. The van der Waals surface area contributed by atoms with Crippen molar-refractivity contribution >= 4 is 11.7 Å². The second-order valence-corrected chi connectivity index (χ2v) is 6.88. The average molecular weight is 415 g/mol. The van der Waals surface area contributed by atoms with Crippen LogP contribution in [0.2, 0.25) is 0 Å². The Hall–Kier alpha value is -2.66. The second-order valence-electron chi connectivity index (χ2n) is 6.88. The quantitative estimate of drug-likeness (QED) is 0.662. The number of nitrogens with one attached hydrogen (secondary N) is 1. The van der Waals surface area contributed by atoms with Gasteiger partial charge in [-0.05, 0) is 38.5 Å². The van der Waals surface area contributed by atoms with Gasteiger partial charge in [-0.25, -0.2) is 25.2 Å². The minimum atomic E-state index is -4.44. The number of allylic oxidation sites excluding steroid dienone is 1. The van der Waals surface area contributed by atoms with Gasteiger partial charge in [0.25, 0.3) is 0 Å². The van der Waals surface area contributed by atoms with Gasteiger partial charge >= 0.3 is 12.1 Å². The van der Waals surface area contributed by atoms with Gasteiger partial charge in [-0.2, -0.15) is 13.2 Å². The first-order chi connectivity index (χ1) is 13.4. The van der Waals surface area contributed by atoms with Crippen LogP contribution in [-0.2, 0) is 4.79 Å². The lowest BCUT2D eigenvalue weighted by Crippen LogP contribution is -2.52. The first-order valence-corrected chi connectivity index (χ1v) is 8.76. The molecule has 0 aliphatic carbocycles. The number of nitrogens with zero attached hydrogens (tertiary/aromatic N) is 4. The number of aryl methyl sites for hydroxylation is 1. The van der Waals surface area contributed by atoms with Gasteiger partial charge in [-0.3, -0.25) is 0 Å². The molecule has 2 N–H and O–H groups in total. The highest BCUT2D eigenvalue weighted by Crippen LogP contribution is 2.30. The number of carboxylic acids is 1. The van der Waals surface area contributed by atoms with Gasteiger partial charge < -0.3 is 14.7 Å². The van der Waals surface area contributed by atoms with Crippen molar-refractivity contribution in [3.8, 4) is 5.88 Å². The zero-order chi connectivity index (χ0) is 21.9. The van der Waals surface area contributed by atoms with Crippen molar-refractivity contribution in [1.29, 1.82) is 0 Å². The first-order valence-electron chi connectivity index (χ1n) is 8.76. The standard InChI is InChI=1S/C18H24F3N5O3/c1-10-6-13(8-22-15(10)29-9-18(19,20)21)12(3)26-11(2)7-14(16(27)28)23-17(26)24-25(4)5/h6-8,12,17,24H,9H2,1-5H3,(H,27,28). The third-order valence-corrected chi connectivity index (χ3v) is 4.19. The van der Waals surface area contributed by atoms with Crippen molar-refractivity contribution in [2.75, 3.05) is 20.7 Å². The maximum Gasteiger partial charge on any atom is 0.422 e. The van der Waals surface area contributed by atoms with Crippen molar-refractivity contribution in [2.24, 2.45) is 4.99 Å². The molecule has 1 aliphatic heterocycles. The summed E-state index contributed by atoms with van der Waals surface area (Å²) in [6.07, 6.45) is -2.22. The monoisotopic (exact) mass is 415 g/mol. The van der Waals surface area contributed by atoms with Crippen LogP contribution in [0.4, 0.5) is 13.2 Å². The van der Waals surface area contributed by atoms with E-state index in [1.807, 2.05) is 11.8 Å². The van der Waals surface area contributed by atoms with Crippen molar-refractivity contribution in [3.63, 3.8) is 0 Å². The molecule has 2 atom stereocenters. The van der Waals surface area contributed by atoms with Crippen LogP contribution >= 0.6 is 0 Å². The van der Waals surface area contributed by atoms with E-state index in [2.05, 4.69) is 15.4 Å². The Balaban J connectivity index is 2.29. The van der Waals surface area contributed by atoms with Crippen LogP contribution in [-0.4, -0.2) is 64.8 Å². The number of hydrogen-bond acceptors (Lipinski definition) is 7. The van der Waals surface area contributed by atoms with Gasteiger partial charge in [-0.1, -0.05) is 0 Å². The van der Waals surface area contributed by atoms with E-state index in [0.29, 0.717) is 16.8 Å². The molecule has 11 heteroatoms. The average Bonchev–Trinajstić information content (AvgIpc) is 2.58. The molecule has 2 rings (SSSR count). The molecule has 8 nitrogen and oxygen atoms in total. The molecule has 0 aromatic carbocycles. The van der Waals surface area contributed by atoms with Crippen LogP contribution in [0.25, 0.3) is 0 Å². The number of aliphatic carboxylic acids is 1. The van der Waals surface area contributed by atoms with Crippen LogP contribution in [0.5, 0.6) is 5.88 Å². The van der Waals surface area contributed by atoms with Gasteiger partial charge in [0.05, 0.1) is 6.04 Å². The molecule has 160 valence electrons. The number of aromatic nitrogens is 1. The van der Waals surface area contributed by atoms with Crippen LogP contribution in [0.1, 0.15) is 31.0 Å². The molecule has 0 spiro atoms. The summed E-state index contributed by atoms with van der Waals surface area (Å²) >= 11 is 0. The van der Waals surface area contributed by atoms with E-state index in [9.17, 15) is 23.1 Å². The SMILES string of the molecule is CC1=CC(C(=O)O)=NC(NN(C)C)N1C(C)c1cnc(OCC(F)(F)F)c(C)c1. The maximum atomic E-state index is 12.4. The number of carboxylic acid groups (broad SMARTS) is 1. The van der Waals surface area contributed by atoms with Gasteiger partial charge in [0.1, 0.15) is 5.71 Å². The van der Waals surface area contributed by atoms with E-state index in [1.165, 1.54) is 12.3 Å². The molecule has 1 aromatic heterocycles. The highest BCUT2D eigenvalue weighted by Gasteiger charge is 2.31. The summed E-state index contributed by atoms with van der Waals surface area (Å²) in [6.45, 7) is 3.84. The van der Waals surface area contributed by atoms with E-state index in [1.54, 1.807) is 39.0 Å². The molecular formula is C18H24F3N5O3. The maximum absolute atomic E-state index is 12.4. The van der Waals surface area contributed by atoms with E-state index >= 15 is 0 Å². The molecule has 2 heterocycles. The Morgan fingerprint density at radius 3 is 2.59 bits per heavy atom. The minimum absolute atomic E-state index is 0.0736. The summed E-state index contributed by atoms with van der Waals surface area (Å²) in [5.41, 5.74) is 4.83. The highest BCUT2D eigenvalue weighted by molar-refractivity contribution is 6.40. The van der Waals surface area contributed by atoms with Gasteiger partial charge in [0.2, 0.25) is 5.88 Å². The number of pyridine rings is 1. The van der Waals surface area contributed by atoms with E-state index in [0.717, 1.165) is 0 Å². The summed E-state index contributed by atoms with van der Waals surface area (Å²) in [6, 6.07) is 1.39. The molecule has 2 unspecified atom stereocenters.